The minimum absolute atomic E-state index is 0. The molecule has 2 atom stereocenters. The van der Waals surface area contributed by atoms with Crippen molar-refractivity contribution in [1.82, 2.24) is 6.15 Å². The Hall–Kier alpha value is 0.210. The van der Waals surface area contributed by atoms with Gasteiger partial charge < -0.3 is 16.9 Å². The summed E-state index contributed by atoms with van der Waals surface area (Å²) in [6.45, 7) is 7.46. The van der Waals surface area contributed by atoms with Crippen LogP contribution in [0.25, 0.3) is 0 Å². The van der Waals surface area contributed by atoms with Crippen LogP contribution in [-0.4, -0.2) is 31.7 Å². The maximum atomic E-state index is 2.36. The van der Waals surface area contributed by atoms with Crippen molar-refractivity contribution in [3.05, 3.63) is 0 Å². The summed E-state index contributed by atoms with van der Waals surface area (Å²) in [5.41, 5.74) is 0. The summed E-state index contributed by atoms with van der Waals surface area (Å²) in [6.07, 6.45) is 2.75. The molecule has 0 bridgehead atoms. The van der Waals surface area contributed by atoms with Crippen LogP contribution in [0, 0.1) is 11.8 Å². The van der Waals surface area contributed by atoms with E-state index in [9.17, 15) is 0 Å². The van der Waals surface area contributed by atoms with Crippen LogP contribution in [0.4, 0.5) is 0 Å². The van der Waals surface area contributed by atoms with E-state index in [1.165, 1.54) is 30.4 Å². The summed E-state index contributed by atoms with van der Waals surface area (Å²) < 4.78 is 1.25. The third-order valence-corrected chi connectivity index (χ3v) is 3.17. The highest BCUT2D eigenvalue weighted by Crippen LogP contribution is 2.30. The highest BCUT2D eigenvalue weighted by molar-refractivity contribution is 4.73. The first-order valence-corrected chi connectivity index (χ1v) is 4.91. The molecule has 1 rings (SSSR count). The van der Waals surface area contributed by atoms with Gasteiger partial charge in [0.2, 0.25) is 0 Å². The van der Waals surface area contributed by atoms with E-state index in [1.54, 1.807) is 0 Å². The van der Waals surface area contributed by atoms with Crippen molar-refractivity contribution in [3.63, 3.8) is 0 Å². The van der Waals surface area contributed by atoms with Gasteiger partial charge in [0.1, 0.15) is 0 Å². The molecule has 80 valence electrons. The van der Waals surface area contributed by atoms with Crippen LogP contribution in [0.15, 0.2) is 0 Å². The van der Waals surface area contributed by atoms with E-state index in [-0.39, 0.29) is 18.6 Å². The van der Waals surface area contributed by atoms with Crippen LogP contribution in [0.5, 0.6) is 0 Å². The molecule has 1 aliphatic heterocycles. The van der Waals surface area contributed by atoms with Gasteiger partial charge in [-0.05, 0) is 12.8 Å². The van der Waals surface area contributed by atoms with Crippen LogP contribution in [0.2, 0.25) is 0 Å². The van der Waals surface area contributed by atoms with Gasteiger partial charge in [-0.1, -0.05) is 13.8 Å². The lowest BCUT2D eigenvalue weighted by Crippen LogP contribution is -3.00. The zero-order chi connectivity index (χ0) is 8.48. The fourth-order valence-electron chi connectivity index (χ4n) is 2.57. The number of likely N-dealkylation sites (tertiary alicyclic amines) is 1. The van der Waals surface area contributed by atoms with Gasteiger partial charge in [0.15, 0.2) is 0 Å². The molecule has 0 amide bonds. The molecule has 1 N–H and O–H groups in total. The second-order valence-electron chi connectivity index (χ2n) is 4.64. The van der Waals surface area contributed by atoms with E-state index in [1.807, 2.05) is 0 Å². The Morgan fingerprint density at radius 2 is 1.31 bits per heavy atom. The number of hydrogen-bond donors (Lipinski definition) is 0. The molecule has 1 heterocycles. The molecule has 1 fully saturated rings. The fraction of sp³-hybridized carbons (Fsp3) is 1.00. The summed E-state index contributed by atoms with van der Waals surface area (Å²) in [5.74, 6) is 1.99. The van der Waals surface area contributed by atoms with Crippen LogP contribution in [0.1, 0.15) is 26.7 Å². The van der Waals surface area contributed by atoms with Gasteiger partial charge in [-0.3, -0.25) is 0 Å². The summed E-state index contributed by atoms with van der Waals surface area (Å²) in [4.78, 5) is 0. The second kappa shape index (κ2) is 5.84. The molecular weight excluding hydrogens is 184 g/mol. The molecule has 1 aliphatic rings. The number of hydrogen-bond acceptors (Lipinski definition) is 0. The first-order valence-electron chi connectivity index (χ1n) is 4.91. The highest BCUT2D eigenvalue weighted by atomic mass is 35.5. The van der Waals surface area contributed by atoms with Gasteiger partial charge in [-0.15, -0.1) is 0 Å². The predicted octanol–water partition coefficient (Wildman–Crippen LogP) is -1.13. The molecule has 0 spiro atoms. The van der Waals surface area contributed by atoms with Crippen molar-refractivity contribution in [2.45, 2.75) is 26.7 Å². The Labute approximate surface area is 89.3 Å². The van der Waals surface area contributed by atoms with Gasteiger partial charge in [-0.2, -0.15) is 6.15 Å². The van der Waals surface area contributed by atoms with Crippen LogP contribution < -0.4 is 18.6 Å². The summed E-state index contributed by atoms with van der Waals surface area (Å²) in [6, 6.07) is 0. The van der Waals surface area contributed by atoms with E-state index in [4.69, 9.17) is 0 Å². The molecule has 13 heavy (non-hydrogen) atoms. The zero-order valence-corrected chi connectivity index (χ0v) is 10.1. The van der Waals surface area contributed by atoms with E-state index in [0.717, 1.165) is 11.8 Å². The molecule has 3 heteroatoms. The Morgan fingerprint density at radius 1 is 1.00 bits per heavy atom. The van der Waals surface area contributed by atoms with Crippen LogP contribution in [-0.2, 0) is 0 Å². The Kier molecular flexibility index (Phi) is 7.04. The lowest BCUT2D eigenvalue weighted by molar-refractivity contribution is -0.880. The summed E-state index contributed by atoms with van der Waals surface area (Å²) in [5, 5.41) is 0. The van der Waals surface area contributed by atoms with Gasteiger partial charge in [0, 0.05) is 11.8 Å². The number of nitrogens with one attached hydrogen (secondary N) is 1. The van der Waals surface area contributed by atoms with Crippen molar-refractivity contribution in [2.75, 3.05) is 27.2 Å². The zero-order valence-electron chi connectivity index (χ0n) is 9.31. The Morgan fingerprint density at radius 3 is 1.54 bits per heavy atom. The Bertz CT molecular complexity index is 123. The van der Waals surface area contributed by atoms with E-state index in [0.29, 0.717) is 0 Å². The average molecular weight is 207 g/mol. The predicted molar refractivity (Wildman–Crippen MR) is 52.5 cm³/mol. The standard InChI is InChI=1S/C10H22N.ClH.HN/c1-5-9-7-11(3,4)8-10(9)6-2;;/h9-10H,5-8H2,1-4H3;2*1H/q+1;;/p-1. The van der Waals surface area contributed by atoms with Crippen molar-refractivity contribution in [2.24, 2.45) is 11.8 Å². The largest absolute Gasteiger partial charge is 1.00 e. The number of quaternary nitrogens is 1. The lowest BCUT2D eigenvalue weighted by atomic mass is 9.92. The number of nitrogens with zero attached hydrogens (tertiary/aromatic N) is 1. The summed E-state index contributed by atoms with van der Waals surface area (Å²) in [7, 11) is 4.72. The first-order chi connectivity index (χ1) is 5.09. The minimum Gasteiger partial charge on any atom is -1.00 e. The van der Waals surface area contributed by atoms with Gasteiger partial charge in [-0.25, -0.2) is 0 Å². The molecule has 0 aromatic rings. The average Bonchev–Trinajstić information content (AvgIpc) is 2.25. The molecule has 0 saturated carbocycles. The third kappa shape index (κ3) is 3.84. The van der Waals surface area contributed by atoms with Gasteiger partial charge in [0.05, 0.1) is 27.2 Å². The maximum Gasteiger partial charge on any atom is 0.0815 e. The minimum atomic E-state index is 0. The van der Waals surface area contributed by atoms with Crippen molar-refractivity contribution in [3.8, 4) is 0 Å². The number of rotatable bonds is 2. The van der Waals surface area contributed by atoms with E-state index >= 15 is 0 Å². The topological polar surface area (TPSA) is 32.0 Å². The SMILES string of the molecule is CCC1C[N+](C)(C)CC1CC.[Cl-].[NH]. The van der Waals surface area contributed by atoms with Gasteiger partial charge >= 0.3 is 0 Å². The van der Waals surface area contributed by atoms with Gasteiger partial charge in [0.25, 0.3) is 0 Å². The molecule has 0 aromatic heterocycles. The quantitative estimate of drug-likeness (QED) is 0.513. The van der Waals surface area contributed by atoms with Crippen molar-refractivity contribution < 1.29 is 16.9 Å². The Balaban J connectivity index is 0. The van der Waals surface area contributed by atoms with E-state index in [2.05, 4.69) is 27.9 Å². The molecule has 1 saturated heterocycles. The normalized spacial score (nSPS) is 30.5. The van der Waals surface area contributed by atoms with Crippen LogP contribution >= 0.6 is 0 Å². The molecule has 0 aromatic carbocycles. The summed E-state index contributed by atoms with van der Waals surface area (Å²) >= 11 is 0. The van der Waals surface area contributed by atoms with E-state index < -0.39 is 0 Å². The maximum absolute atomic E-state index is 2.36. The number of halogens is 1. The molecule has 2 nitrogen and oxygen atoms in total. The highest BCUT2D eigenvalue weighted by Gasteiger charge is 2.37. The van der Waals surface area contributed by atoms with Crippen LogP contribution in [0.3, 0.4) is 0 Å². The molecule has 2 unspecified atom stereocenters. The lowest BCUT2D eigenvalue weighted by Gasteiger charge is -2.23. The van der Waals surface area contributed by atoms with Crippen molar-refractivity contribution in [1.29, 1.82) is 0 Å². The first kappa shape index (κ1) is 15.7. The molecule has 2 radical (unpaired) electrons. The monoisotopic (exact) mass is 206 g/mol. The second-order valence-corrected chi connectivity index (χ2v) is 4.64. The molecule has 0 aliphatic carbocycles. The fourth-order valence-corrected chi connectivity index (χ4v) is 2.57. The van der Waals surface area contributed by atoms with Crippen molar-refractivity contribution >= 4 is 0 Å². The molecular formula is C10H23ClN2. The third-order valence-electron chi connectivity index (χ3n) is 3.17. The smallest absolute Gasteiger partial charge is 0.0815 e.